The Bertz CT molecular complexity index is 516. The normalized spacial score (nSPS) is 19.3. The number of benzene rings is 1. The van der Waals surface area contributed by atoms with E-state index in [1.807, 2.05) is 0 Å². The van der Waals surface area contributed by atoms with Crippen molar-refractivity contribution in [1.29, 1.82) is 0 Å². The van der Waals surface area contributed by atoms with Gasteiger partial charge in [-0.2, -0.15) is 0 Å². The van der Waals surface area contributed by atoms with Crippen LogP contribution in [0.5, 0.6) is 5.75 Å². The summed E-state index contributed by atoms with van der Waals surface area (Å²) in [6, 6.07) is 2.27. The molecule has 2 aliphatic rings. The Morgan fingerprint density at radius 1 is 1.38 bits per heavy atom. The molecule has 1 atom stereocenters. The van der Waals surface area contributed by atoms with E-state index < -0.39 is 0 Å². The molecule has 4 heteroatoms. The van der Waals surface area contributed by atoms with Crippen LogP contribution in [0.2, 0.25) is 0 Å². The summed E-state index contributed by atoms with van der Waals surface area (Å²) in [5.74, 6) is 1.06. The van der Waals surface area contributed by atoms with Crippen molar-refractivity contribution in [3.05, 3.63) is 22.8 Å². The van der Waals surface area contributed by atoms with Crippen LogP contribution in [0.1, 0.15) is 23.6 Å². The van der Waals surface area contributed by atoms with Gasteiger partial charge in [0, 0.05) is 13.7 Å². The first-order valence-electron chi connectivity index (χ1n) is 7.97. The van der Waals surface area contributed by atoms with E-state index in [1.54, 1.807) is 7.11 Å². The van der Waals surface area contributed by atoms with Crippen molar-refractivity contribution in [2.45, 2.75) is 32.8 Å². The van der Waals surface area contributed by atoms with Gasteiger partial charge in [-0.05, 0) is 62.5 Å². The zero-order valence-corrected chi connectivity index (χ0v) is 13.4. The minimum absolute atomic E-state index is 0.232. The van der Waals surface area contributed by atoms with E-state index in [4.69, 9.17) is 9.47 Å². The molecule has 0 aromatic heterocycles. The smallest absolute Gasteiger partial charge is 0.143 e. The Morgan fingerprint density at radius 3 is 3.00 bits per heavy atom. The van der Waals surface area contributed by atoms with E-state index in [2.05, 4.69) is 30.1 Å². The highest BCUT2D eigenvalue weighted by Crippen LogP contribution is 2.39. The molecule has 1 N–H and O–H groups in total. The molecule has 21 heavy (non-hydrogen) atoms. The number of ether oxygens (including phenoxy) is 2. The van der Waals surface area contributed by atoms with Crippen LogP contribution in [0.15, 0.2) is 6.07 Å². The maximum Gasteiger partial charge on any atom is 0.143 e. The average molecular weight is 290 g/mol. The lowest BCUT2D eigenvalue weighted by Gasteiger charge is -2.35. The highest BCUT2D eigenvalue weighted by Gasteiger charge is 2.25. The third kappa shape index (κ3) is 2.87. The molecule has 4 nitrogen and oxygen atoms in total. The number of hydrogen-bond donors (Lipinski definition) is 1. The van der Waals surface area contributed by atoms with Crippen molar-refractivity contribution in [3.63, 3.8) is 0 Å². The van der Waals surface area contributed by atoms with Crippen LogP contribution >= 0.6 is 0 Å². The maximum atomic E-state index is 5.95. The van der Waals surface area contributed by atoms with Crippen LogP contribution in [-0.4, -0.2) is 46.0 Å². The fourth-order valence-corrected chi connectivity index (χ4v) is 3.46. The molecule has 0 amide bonds. The molecule has 0 saturated heterocycles. The molecule has 0 fully saturated rings. The number of hydrogen-bond acceptors (Lipinski definition) is 4. The van der Waals surface area contributed by atoms with Crippen LogP contribution in [0.3, 0.4) is 0 Å². The molecule has 0 aliphatic carbocycles. The quantitative estimate of drug-likeness (QED) is 0.922. The van der Waals surface area contributed by atoms with Crippen molar-refractivity contribution >= 4 is 5.69 Å². The lowest BCUT2D eigenvalue weighted by molar-refractivity contribution is 0.121. The molecule has 2 aliphatic heterocycles. The second-order valence-corrected chi connectivity index (χ2v) is 6.08. The summed E-state index contributed by atoms with van der Waals surface area (Å²) in [5, 5.41) is 3.49. The van der Waals surface area contributed by atoms with Gasteiger partial charge in [0.25, 0.3) is 0 Å². The largest absolute Gasteiger partial charge is 0.490 e. The lowest BCUT2D eigenvalue weighted by Crippen LogP contribution is -2.39. The summed E-state index contributed by atoms with van der Waals surface area (Å²) >= 11 is 0. The Labute approximate surface area is 127 Å². The third-order valence-electron chi connectivity index (χ3n) is 4.67. The second-order valence-electron chi connectivity index (χ2n) is 6.08. The second kappa shape index (κ2) is 6.24. The van der Waals surface area contributed by atoms with Gasteiger partial charge in [0.1, 0.15) is 12.4 Å². The van der Waals surface area contributed by atoms with Crippen molar-refractivity contribution in [2.24, 2.45) is 0 Å². The van der Waals surface area contributed by atoms with Crippen LogP contribution in [0, 0.1) is 6.92 Å². The van der Waals surface area contributed by atoms with Gasteiger partial charge in [-0.3, -0.25) is 0 Å². The topological polar surface area (TPSA) is 33.7 Å². The van der Waals surface area contributed by atoms with Gasteiger partial charge in [0.2, 0.25) is 0 Å². The number of rotatable bonds is 3. The molecule has 1 aromatic carbocycles. The maximum absolute atomic E-state index is 5.95. The molecule has 116 valence electrons. The molecule has 0 spiro atoms. The van der Waals surface area contributed by atoms with Crippen LogP contribution in [0.25, 0.3) is 0 Å². The van der Waals surface area contributed by atoms with E-state index in [1.165, 1.54) is 22.4 Å². The third-order valence-corrected chi connectivity index (χ3v) is 4.67. The van der Waals surface area contributed by atoms with E-state index >= 15 is 0 Å². The van der Waals surface area contributed by atoms with Gasteiger partial charge in [-0.25, -0.2) is 0 Å². The van der Waals surface area contributed by atoms with Crippen LogP contribution in [-0.2, 0) is 17.6 Å². The first-order valence-corrected chi connectivity index (χ1v) is 7.97. The van der Waals surface area contributed by atoms with Crippen LogP contribution in [0.4, 0.5) is 5.69 Å². The number of nitrogens with zero attached hydrogens (tertiary/aromatic N) is 1. The summed E-state index contributed by atoms with van der Waals surface area (Å²) in [5.41, 5.74) is 5.65. The summed E-state index contributed by atoms with van der Waals surface area (Å²) in [7, 11) is 1.78. The molecule has 0 radical (unpaired) electrons. The van der Waals surface area contributed by atoms with Gasteiger partial charge in [0.05, 0.1) is 18.3 Å². The summed E-state index contributed by atoms with van der Waals surface area (Å²) in [6.45, 7) is 9.14. The Morgan fingerprint density at radius 2 is 2.19 bits per heavy atom. The molecule has 0 saturated carbocycles. The van der Waals surface area contributed by atoms with Gasteiger partial charge in [0.15, 0.2) is 0 Å². The van der Waals surface area contributed by atoms with Crippen molar-refractivity contribution < 1.29 is 9.47 Å². The SMILES string of the molecule is CO[C@H](C)CN1CCOc2cc3c(c(C)c21)CCNCC3. The number of anilines is 1. The average Bonchev–Trinajstić information content (AvgIpc) is 2.73. The molecular formula is C17H26N2O2. The Kier molecular flexibility index (Phi) is 4.36. The fraction of sp³-hybridized carbons (Fsp3) is 0.647. The zero-order chi connectivity index (χ0) is 14.8. The van der Waals surface area contributed by atoms with Crippen LogP contribution < -0.4 is 15.0 Å². The summed E-state index contributed by atoms with van der Waals surface area (Å²) < 4.78 is 11.4. The minimum Gasteiger partial charge on any atom is -0.490 e. The van der Waals surface area contributed by atoms with E-state index in [0.29, 0.717) is 0 Å². The van der Waals surface area contributed by atoms with Gasteiger partial charge < -0.3 is 19.7 Å². The number of nitrogens with one attached hydrogen (secondary N) is 1. The van der Waals surface area contributed by atoms with Crippen molar-refractivity contribution in [3.8, 4) is 5.75 Å². The Hall–Kier alpha value is -1.26. The van der Waals surface area contributed by atoms with Gasteiger partial charge in [-0.1, -0.05) is 0 Å². The number of fused-ring (bicyclic) bond motifs is 2. The lowest BCUT2D eigenvalue weighted by atomic mass is 9.94. The molecule has 1 aromatic rings. The molecule has 3 rings (SSSR count). The first-order chi connectivity index (χ1) is 10.2. The highest BCUT2D eigenvalue weighted by atomic mass is 16.5. The van der Waals surface area contributed by atoms with E-state index in [9.17, 15) is 0 Å². The van der Waals surface area contributed by atoms with E-state index in [-0.39, 0.29) is 6.10 Å². The molecule has 2 heterocycles. The molecule has 0 unspecified atom stereocenters. The minimum atomic E-state index is 0.232. The van der Waals surface area contributed by atoms with Crippen molar-refractivity contribution in [1.82, 2.24) is 5.32 Å². The van der Waals surface area contributed by atoms with Crippen molar-refractivity contribution in [2.75, 3.05) is 44.8 Å². The summed E-state index contributed by atoms with van der Waals surface area (Å²) in [6.07, 6.45) is 2.44. The first kappa shape index (κ1) is 14.7. The number of methoxy groups -OCH3 is 1. The molecular weight excluding hydrogens is 264 g/mol. The van der Waals surface area contributed by atoms with Gasteiger partial charge in [-0.15, -0.1) is 0 Å². The zero-order valence-electron chi connectivity index (χ0n) is 13.4. The Balaban J connectivity index is 1.99. The predicted molar refractivity (Wildman–Crippen MR) is 85.6 cm³/mol. The predicted octanol–water partition coefficient (Wildman–Crippen LogP) is 1.92. The monoisotopic (exact) mass is 290 g/mol. The molecule has 0 bridgehead atoms. The fourth-order valence-electron chi connectivity index (χ4n) is 3.46. The summed E-state index contributed by atoms with van der Waals surface area (Å²) in [4.78, 5) is 2.43. The van der Waals surface area contributed by atoms with Gasteiger partial charge >= 0.3 is 0 Å². The van der Waals surface area contributed by atoms with E-state index in [0.717, 1.165) is 51.4 Å². The highest BCUT2D eigenvalue weighted by molar-refractivity contribution is 5.69. The standard InChI is InChI=1S/C17H26N2O2/c1-12(20-3)11-19-8-9-21-16-10-14-4-6-18-7-5-15(14)13(2)17(16)19/h10,12,18H,4-9,11H2,1-3H3/t12-/m1/s1.